The van der Waals surface area contributed by atoms with Gasteiger partial charge in [-0.05, 0) is 64.0 Å². The lowest BCUT2D eigenvalue weighted by molar-refractivity contribution is 0.259. The maximum Gasteiger partial charge on any atom is 0.231 e. The van der Waals surface area contributed by atoms with Gasteiger partial charge in [0.2, 0.25) is 18.2 Å². The van der Waals surface area contributed by atoms with Crippen LogP contribution in [0.5, 0.6) is 0 Å². The number of hydrogen-bond acceptors (Lipinski definition) is 7. The molecule has 4 aliphatic rings. The van der Waals surface area contributed by atoms with E-state index in [2.05, 4.69) is 44.9 Å². The first kappa shape index (κ1) is 23.3. The highest BCUT2D eigenvalue weighted by Gasteiger charge is 2.29. The fourth-order valence-electron chi connectivity index (χ4n) is 4.19. The van der Waals surface area contributed by atoms with Crippen LogP contribution in [-0.4, -0.2) is 64.4 Å². The van der Waals surface area contributed by atoms with E-state index in [1.54, 1.807) is 19.1 Å². The van der Waals surface area contributed by atoms with Gasteiger partial charge >= 0.3 is 0 Å². The Labute approximate surface area is 196 Å². The van der Waals surface area contributed by atoms with Gasteiger partial charge in [0.25, 0.3) is 0 Å². The van der Waals surface area contributed by atoms with E-state index in [4.69, 9.17) is 9.98 Å². The molecule has 0 fully saturated rings. The molecule has 0 saturated carbocycles. The van der Waals surface area contributed by atoms with Crippen LogP contribution in [0.2, 0.25) is 0 Å². The molecule has 0 aromatic heterocycles. The molecule has 0 aromatic rings. The fourth-order valence-corrected chi connectivity index (χ4v) is 4.19. The fraction of sp³-hybridized carbons (Fsp3) is 0.560. The number of nitrogens with zero attached hydrogens (tertiary/aromatic N) is 6. The molecule has 3 aliphatic heterocycles. The van der Waals surface area contributed by atoms with Crippen molar-refractivity contribution in [3.63, 3.8) is 0 Å². The second-order valence-corrected chi connectivity index (χ2v) is 9.27. The lowest BCUT2D eigenvalue weighted by atomic mass is 9.94. The molecule has 3 heterocycles. The standard InChI is InChI=1S/C25H36FN7/c1-20(21-12-14-25(2,26)15-13-21)29-30-23-27-22(32-16-8-4-5-9-17-32)28-24(31(23)3)33-18-10-6-7-11-19-33/h8,10,12-14,16,18,23,30H,4-7,9,11,15,17,19H2,1-3H3/b29-20+. The lowest BCUT2D eigenvalue weighted by Gasteiger charge is -2.37. The van der Waals surface area contributed by atoms with Gasteiger partial charge in [-0.2, -0.15) is 10.1 Å². The van der Waals surface area contributed by atoms with Gasteiger partial charge in [-0.25, -0.2) is 9.38 Å². The largest absolute Gasteiger partial charge is 0.319 e. The average Bonchev–Trinajstić information content (AvgIpc) is 3.24. The first-order valence-corrected chi connectivity index (χ1v) is 12.1. The van der Waals surface area contributed by atoms with Gasteiger partial charge < -0.3 is 14.7 Å². The Balaban J connectivity index is 1.57. The third-order valence-electron chi connectivity index (χ3n) is 6.34. The lowest BCUT2D eigenvalue weighted by Crippen LogP contribution is -2.53. The Morgan fingerprint density at radius 1 is 1.12 bits per heavy atom. The minimum atomic E-state index is -1.29. The van der Waals surface area contributed by atoms with Crippen molar-refractivity contribution in [1.82, 2.24) is 20.1 Å². The summed E-state index contributed by atoms with van der Waals surface area (Å²) in [5.74, 6) is 1.57. The summed E-state index contributed by atoms with van der Waals surface area (Å²) in [7, 11) is 1.99. The van der Waals surface area contributed by atoms with Crippen LogP contribution in [0.1, 0.15) is 58.8 Å². The number of halogens is 1. The summed E-state index contributed by atoms with van der Waals surface area (Å²) in [5, 5.41) is 4.61. The molecule has 7 nitrogen and oxygen atoms in total. The van der Waals surface area contributed by atoms with Crippen molar-refractivity contribution in [3.05, 3.63) is 48.4 Å². The molecule has 0 aromatic carbocycles. The van der Waals surface area contributed by atoms with E-state index in [0.29, 0.717) is 12.4 Å². The number of hydrogen-bond donors (Lipinski definition) is 1. The molecule has 33 heavy (non-hydrogen) atoms. The first-order chi connectivity index (χ1) is 15.9. The van der Waals surface area contributed by atoms with E-state index < -0.39 is 12.0 Å². The summed E-state index contributed by atoms with van der Waals surface area (Å²) >= 11 is 0. The predicted octanol–water partition coefficient (Wildman–Crippen LogP) is 4.51. The zero-order valence-electron chi connectivity index (χ0n) is 20.0. The van der Waals surface area contributed by atoms with Crippen LogP contribution in [0, 0.1) is 0 Å². The monoisotopic (exact) mass is 453 g/mol. The Kier molecular flexibility index (Phi) is 7.30. The van der Waals surface area contributed by atoms with Gasteiger partial charge in [-0.3, -0.25) is 5.43 Å². The molecule has 0 saturated heterocycles. The second kappa shape index (κ2) is 10.4. The maximum atomic E-state index is 14.1. The Morgan fingerprint density at radius 2 is 1.82 bits per heavy atom. The highest BCUT2D eigenvalue weighted by Crippen LogP contribution is 2.25. The highest BCUT2D eigenvalue weighted by molar-refractivity contribution is 6.01. The Bertz CT molecular complexity index is 925. The normalized spacial score (nSPS) is 28.7. The van der Waals surface area contributed by atoms with E-state index in [9.17, 15) is 4.39 Å². The molecular formula is C25H36FN7. The van der Waals surface area contributed by atoms with Crippen LogP contribution in [0.15, 0.2) is 63.4 Å². The summed E-state index contributed by atoms with van der Waals surface area (Å²) in [6.07, 6.45) is 20.7. The molecule has 1 N–H and O–H groups in total. The van der Waals surface area contributed by atoms with Crippen molar-refractivity contribution >= 4 is 17.6 Å². The summed E-state index contributed by atoms with van der Waals surface area (Å²) in [4.78, 5) is 16.2. The molecule has 0 amide bonds. The van der Waals surface area contributed by atoms with E-state index >= 15 is 0 Å². The minimum Gasteiger partial charge on any atom is -0.319 e. The van der Waals surface area contributed by atoms with Crippen LogP contribution in [-0.2, 0) is 0 Å². The van der Waals surface area contributed by atoms with E-state index in [0.717, 1.165) is 56.0 Å². The molecule has 178 valence electrons. The summed E-state index contributed by atoms with van der Waals surface area (Å²) < 4.78 is 14.1. The van der Waals surface area contributed by atoms with Gasteiger partial charge in [0.15, 0.2) is 0 Å². The maximum absolute atomic E-state index is 14.1. The van der Waals surface area contributed by atoms with E-state index in [-0.39, 0.29) is 0 Å². The zero-order valence-corrected chi connectivity index (χ0v) is 20.0. The van der Waals surface area contributed by atoms with Crippen molar-refractivity contribution in [3.8, 4) is 0 Å². The van der Waals surface area contributed by atoms with Crippen LogP contribution >= 0.6 is 0 Å². The molecular weight excluding hydrogens is 417 g/mol. The van der Waals surface area contributed by atoms with Crippen molar-refractivity contribution in [2.24, 2.45) is 15.1 Å². The van der Waals surface area contributed by atoms with Gasteiger partial charge in [0.1, 0.15) is 5.67 Å². The highest BCUT2D eigenvalue weighted by atomic mass is 19.1. The van der Waals surface area contributed by atoms with Gasteiger partial charge in [0.05, 0.1) is 5.71 Å². The number of hydrazone groups is 1. The van der Waals surface area contributed by atoms with Gasteiger partial charge in [-0.15, -0.1) is 0 Å². The third-order valence-corrected chi connectivity index (χ3v) is 6.34. The number of nitrogens with one attached hydrogen (secondary N) is 1. The smallest absolute Gasteiger partial charge is 0.231 e. The first-order valence-electron chi connectivity index (χ1n) is 12.1. The molecule has 0 radical (unpaired) electrons. The van der Waals surface area contributed by atoms with Crippen molar-refractivity contribution in [1.29, 1.82) is 0 Å². The van der Waals surface area contributed by atoms with E-state index in [1.807, 2.05) is 24.9 Å². The zero-order chi connectivity index (χ0) is 23.3. The molecule has 2 unspecified atom stereocenters. The Hall–Kier alpha value is -2.90. The predicted molar refractivity (Wildman–Crippen MR) is 133 cm³/mol. The number of guanidine groups is 2. The SMILES string of the molecule is C/C(=N\NC1N=C(N2C=CCCCC2)N=C(N2C=CCCCC2)N1C)C1=CCC(C)(F)C=C1. The number of allylic oxidation sites excluding steroid dienone is 6. The minimum absolute atomic E-state index is 0.358. The van der Waals surface area contributed by atoms with Crippen molar-refractivity contribution in [2.75, 3.05) is 20.1 Å². The summed E-state index contributed by atoms with van der Waals surface area (Å²) in [6, 6.07) is 0. The van der Waals surface area contributed by atoms with E-state index in [1.165, 1.54) is 12.8 Å². The van der Waals surface area contributed by atoms with Crippen LogP contribution < -0.4 is 5.43 Å². The summed E-state index contributed by atoms with van der Waals surface area (Å²) in [6.45, 7) is 5.35. The Morgan fingerprint density at radius 3 is 2.52 bits per heavy atom. The second-order valence-electron chi connectivity index (χ2n) is 9.27. The third kappa shape index (κ3) is 5.92. The average molecular weight is 454 g/mol. The molecule has 4 rings (SSSR count). The summed E-state index contributed by atoms with van der Waals surface area (Å²) in [5.41, 5.74) is 3.69. The van der Waals surface area contributed by atoms with Gasteiger partial charge in [-0.1, -0.05) is 24.3 Å². The topological polar surface area (TPSA) is 58.8 Å². The van der Waals surface area contributed by atoms with Crippen LogP contribution in [0.25, 0.3) is 0 Å². The van der Waals surface area contributed by atoms with Crippen molar-refractivity contribution < 1.29 is 4.39 Å². The van der Waals surface area contributed by atoms with Gasteiger partial charge in [0, 0.05) is 39.0 Å². The van der Waals surface area contributed by atoms with Crippen LogP contribution in [0.3, 0.4) is 0 Å². The molecule has 0 bridgehead atoms. The molecule has 2 atom stereocenters. The number of rotatable bonds is 3. The molecule has 0 spiro atoms. The quantitative estimate of drug-likeness (QED) is 0.505. The number of aliphatic imine (C=N–C) groups is 2. The number of alkyl halides is 1. The molecule has 1 aliphatic carbocycles. The van der Waals surface area contributed by atoms with Crippen LogP contribution in [0.4, 0.5) is 4.39 Å². The van der Waals surface area contributed by atoms with Crippen molar-refractivity contribution in [2.45, 2.75) is 70.8 Å². The molecule has 8 heteroatoms.